The number of hydrogen-bond acceptors (Lipinski definition) is 8. The van der Waals surface area contributed by atoms with Crippen LogP contribution < -0.4 is 10.5 Å². The number of carbonyl (C=O) groups excluding carboxylic acids is 2. The standard InChI is InChI=1S/C28H30N4O4S2/c1-4-31-24(30-13-11-20(12-14-30)27(35)36-5-2)21(18(3)22(16-29)25(31)33)15-23-26(34)32(28(37)38-23)17-19-9-7-6-8-10-19/h6-10,15,20H,4-5,11-14,17H2,1-3H3. The van der Waals surface area contributed by atoms with E-state index in [9.17, 15) is 19.6 Å². The Bertz CT molecular complexity index is 1390. The van der Waals surface area contributed by atoms with Gasteiger partial charge in [-0.3, -0.25) is 23.9 Å². The second-order valence-corrected chi connectivity index (χ2v) is 10.8. The normalized spacial score (nSPS) is 17.3. The molecule has 1 aromatic carbocycles. The zero-order valence-electron chi connectivity index (χ0n) is 21.7. The fourth-order valence-corrected chi connectivity index (χ4v) is 6.14. The molecule has 3 heterocycles. The predicted molar refractivity (Wildman–Crippen MR) is 153 cm³/mol. The van der Waals surface area contributed by atoms with Crippen molar-refractivity contribution in [2.24, 2.45) is 5.92 Å². The van der Waals surface area contributed by atoms with Crippen LogP contribution in [0.3, 0.4) is 0 Å². The van der Waals surface area contributed by atoms with Gasteiger partial charge in [0.05, 0.1) is 24.0 Å². The Morgan fingerprint density at radius 1 is 1.21 bits per heavy atom. The monoisotopic (exact) mass is 550 g/mol. The lowest BCUT2D eigenvalue weighted by molar-refractivity contribution is -0.148. The van der Waals surface area contributed by atoms with Gasteiger partial charge in [-0.05, 0) is 50.8 Å². The molecular weight excluding hydrogens is 520 g/mol. The van der Waals surface area contributed by atoms with Crippen LogP contribution in [-0.2, 0) is 27.4 Å². The first-order valence-electron chi connectivity index (χ1n) is 12.7. The van der Waals surface area contributed by atoms with Crippen LogP contribution in [0.5, 0.6) is 0 Å². The van der Waals surface area contributed by atoms with Crippen molar-refractivity contribution in [2.45, 2.75) is 46.7 Å². The second-order valence-electron chi connectivity index (χ2n) is 9.17. The first kappa shape index (κ1) is 27.6. The van der Waals surface area contributed by atoms with Crippen LogP contribution in [0.15, 0.2) is 40.0 Å². The van der Waals surface area contributed by atoms with Crippen LogP contribution >= 0.6 is 24.0 Å². The number of thiocarbonyl (C=S) groups is 1. The smallest absolute Gasteiger partial charge is 0.309 e. The number of piperidine rings is 1. The number of ether oxygens (including phenoxy) is 1. The lowest BCUT2D eigenvalue weighted by Crippen LogP contribution is -2.41. The number of benzene rings is 1. The number of hydrogen-bond donors (Lipinski definition) is 0. The average molecular weight is 551 g/mol. The van der Waals surface area contributed by atoms with E-state index in [0.29, 0.717) is 71.8 Å². The maximum Gasteiger partial charge on any atom is 0.309 e. The zero-order valence-corrected chi connectivity index (χ0v) is 23.4. The molecule has 0 N–H and O–H groups in total. The molecule has 4 rings (SSSR count). The van der Waals surface area contributed by atoms with E-state index in [-0.39, 0.29) is 28.9 Å². The van der Waals surface area contributed by atoms with E-state index < -0.39 is 0 Å². The largest absolute Gasteiger partial charge is 0.466 e. The Morgan fingerprint density at radius 3 is 2.50 bits per heavy atom. The molecule has 2 aliphatic rings. The summed E-state index contributed by atoms with van der Waals surface area (Å²) in [4.78, 5) is 43.1. The number of esters is 1. The summed E-state index contributed by atoms with van der Waals surface area (Å²) >= 11 is 6.76. The number of carbonyl (C=O) groups is 2. The number of aromatic nitrogens is 1. The molecule has 0 atom stereocenters. The Kier molecular flexibility index (Phi) is 8.69. The van der Waals surface area contributed by atoms with E-state index in [4.69, 9.17) is 17.0 Å². The fraction of sp³-hybridized carbons (Fsp3) is 0.393. The van der Waals surface area contributed by atoms with Crippen molar-refractivity contribution in [3.8, 4) is 6.07 Å². The van der Waals surface area contributed by atoms with Crippen molar-refractivity contribution >= 4 is 52.1 Å². The predicted octanol–water partition coefficient (Wildman–Crippen LogP) is 4.23. The van der Waals surface area contributed by atoms with Gasteiger partial charge in [0.1, 0.15) is 21.8 Å². The van der Waals surface area contributed by atoms with Crippen LogP contribution in [0.4, 0.5) is 5.82 Å². The van der Waals surface area contributed by atoms with Gasteiger partial charge in [-0.2, -0.15) is 5.26 Å². The van der Waals surface area contributed by atoms with Crippen molar-refractivity contribution in [1.82, 2.24) is 9.47 Å². The molecule has 198 valence electrons. The molecule has 38 heavy (non-hydrogen) atoms. The highest BCUT2D eigenvalue weighted by atomic mass is 32.2. The highest BCUT2D eigenvalue weighted by molar-refractivity contribution is 8.26. The van der Waals surface area contributed by atoms with Crippen LogP contribution in [0.25, 0.3) is 6.08 Å². The third kappa shape index (κ3) is 5.40. The SMILES string of the molecule is CCOC(=O)C1CCN(c2c(C=C3SC(=S)N(Cc4ccccc4)C3=O)c(C)c(C#N)c(=O)n2CC)CC1. The summed E-state index contributed by atoms with van der Waals surface area (Å²) in [6, 6.07) is 11.7. The van der Waals surface area contributed by atoms with Gasteiger partial charge in [-0.15, -0.1) is 0 Å². The van der Waals surface area contributed by atoms with E-state index in [0.717, 1.165) is 5.56 Å². The zero-order chi connectivity index (χ0) is 27.4. The number of thioether (sulfide) groups is 1. The number of amides is 1. The Balaban J connectivity index is 1.74. The first-order chi connectivity index (χ1) is 18.3. The van der Waals surface area contributed by atoms with Crippen molar-refractivity contribution in [3.05, 3.63) is 67.8 Å². The summed E-state index contributed by atoms with van der Waals surface area (Å²) in [5.74, 6) is 0.0659. The van der Waals surface area contributed by atoms with Gasteiger partial charge in [-0.25, -0.2) is 0 Å². The maximum absolute atomic E-state index is 13.4. The summed E-state index contributed by atoms with van der Waals surface area (Å²) in [7, 11) is 0. The van der Waals surface area contributed by atoms with Gasteiger partial charge in [-0.1, -0.05) is 54.3 Å². The molecule has 0 aliphatic carbocycles. The first-order valence-corrected chi connectivity index (χ1v) is 13.9. The van der Waals surface area contributed by atoms with Crippen LogP contribution in [0.2, 0.25) is 0 Å². The van der Waals surface area contributed by atoms with Crippen molar-refractivity contribution in [2.75, 3.05) is 24.6 Å². The molecular formula is C28H30N4O4S2. The van der Waals surface area contributed by atoms with Gasteiger partial charge < -0.3 is 9.64 Å². The average Bonchev–Trinajstić information content (AvgIpc) is 3.18. The number of pyridine rings is 1. The molecule has 2 aromatic rings. The summed E-state index contributed by atoms with van der Waals surface area (Å²) in [5.41, 5.74) is 1.85. The van der Waals surface area contributed by atoms with E-state index >= 15 is 0 Å². The molecule has 0 saturated carbocycles. The Labute approximate surface area is 231 Å². The van der Waals surface area contributed by atoms with Gasteiger partial charge in [0, 0.05) is 25.2 Å². The Morgan fingerprint density at radius 2 is 1.89 bits per heavy atom. The molecule has 8 nitrogen and oxygen atoms in total. The van der Waals surface area contributed by atoms with Gasteiger partial charge >= 0.3 is 5.97 Å². The summed E-state index contributed by atoms with van der Waals surface area (Å²) in [6.45, 7) is 7.55. The van der Waals surface area contributed by atoms with Crippen LogP contribution in [0.1, 0.15) is 48.9 Å². The quantitative estimate of drug-likeness (QED) is 0.287. The lowest BCUT2D eigenvalue weighted by Gasteiger charge is -2.35. The number of nitrogens with zero attached hydrogens (tertiary/aromatic N) is 4. The van der Waals surface area contributed by atoms with Gasteiger partial charge in [0.15, 0.2) is 0 Å². The third-order valence-corrected chi connectivity index (χ3v) is 8.29. The van der Waals surface area contributed by atoms with E-state index in [1.54, 1.807) is 29.4 Å². The number of rotatable bonds is 7. The van der Waals surface area contributed by atoms with Crippen molar-refractivity contribution in [1.29, 1.82) is 5.26 Å². The topological polar surface area (TPSA) is 95.6 Å². The number of anilines is 1. The molecule has 10 heteroatoms. The molecule has 0 unspecified atom stereocenters. The molecule has 2 fully saturated rings. The van der Waals surface area contributed by atoms with Crippen LogP contribution in [-0.4, -0.2) is 45.4 Å². The summed E-state index contributed by atoms with van der Waals surface area (Å²) < 4.78 is 7.26. The van der Waals surface area contributed by atoms with Crippen LogP contribution in [0, 0.1) is 24.2 Å². The highest BCUT2D eigenvalue weighted by Crippen LogP contribution is 2.37. The Hall–Kier alpha value is -3.42. The fourth-order valence-electron chi connectivity index (χ4n) is 4.90. The number of nitriles is 1. The third-order valence-electron chi connectivity index (χ3n) is 6.91. The van der Waals surface area contributed by atoms with Crippen molar-refractivity contribution in [3.63, 3.8) is 0 Å². The summed E-state index contributed by atoms with van der Waals surface area (Å²) in [6.07, 6.45) is 2.95. The second kappa shape index (κ2) is 12.0. The molecule has 0 radical (unpaired) electrons. The molecule has 2 saturated heterocycles. The minimum atomic E-state index is -0.358. The summed E-state index contributed by atoms with van der Waals surface area (Å²) in [5, 5.41) is 9.80. The van der Waals surface area contributed by atoms with Gasteiger partial charge in [0.2, 0.25) is 0 Å². The minimum Gasteiger partial charge on any atom is -0.466 e. The molecule has 1 amide bonds. The minimum absolute atomic E-state index is 0.0584. The van der Waals surface area contributed by atoms with Crippen molar-refractivity contribution < 1.29 is 14.3 Å². The van der Waals surface area contributed by atoms with E-state index in [1.165, 1.54) is 11.8 Å². The lowest BCUT2D eigenvalue weighted by atomic mass is 9.95. The molecule has 0 spiro atoms. The van der Waals surface area contributed by atoms with E-state index in [2.05, 4.69) is 11.0 Å². The molecule has 1 aromatic heterocycles. The highest BCUT2D eigenvalue weighted by Gasteiger charge is 2.34. The molecule has 2 aliphatic heterocycles. The van der Waals surface area contributed by atoms with Gasteiger partial charge in [0.25, 0.3) is 11.5 Å². The van der Waals surface area contributed by atoms with E-state index in [1.807, 2.05) is 37.3 Å². The molecule has 0 bridgehead atoms. The maximum atomic E-state index is 13.4.